The van der Waals surface area contributed by atoms with Gasteiger partial charge in [-0.3, -0.25) is 0 Å². The van der Waals surface area contributed by atoms with Gasteiger partial charge in [-0.25, -0.2) is 0 Å². The summed E-state index contributed by atoms with van der Waals surface area (Å²) in [5.74, 6) is 0. The summed E-state index contributed by atoms with van der Waals surface area (Å²) in [6.07, 6.45) is 11.8. The smallest absolute Gasteiger partial charge is 0.0534 e. The fraction of sp³-hybridized carbons (Fsp3) is 0.0732. The van der Waals surface area contributed by atoms with E-state index in [1.165, 1.54) is 66.3 Å². The molecule has 5 aromatic carbocycles. The van der Waals surface area contributed by atoms with Crippen LogP contribution in [-0.4, -0.2) is 4.57 Å². The predicted octanol–water partition coefficient (Wildman–Crippen LogP) is 11.2. The van der Waals surface area contributed by atoms with E-state index in [-0.39, 0.29) is 0 Å². The maximum absolute atomic E-state index is 4.13. The predicted molar refractivity (Wildman–Crippen MR) is 182 cm³/mol. The van der Waals surface area contributed by atoms with Crippen molar-refractivity contribution in [3.8, 4) is 22.3 Å². The average molecular weight is 540 g/mol. The molecule has 1 heterocycles. The first kappa shape index (κ1) is 25.8. The highest BCUT2D eigenvalue weighted by Crippen LogP contribution is 2.39. The van der Waals surface area contributed by atoms with Crippen LogP contribution in [0.5, 0.6) is 0 Å². The summed E-state index contributed by atoms with van der Waals surface area (Å²) >= 11 is 0. The Morgan fingerprint density at radius 3 is 2.10 bits per heavy atom. The van der Waals surface area contributed by atoms with E-state index in [2.05, 4.69) is 159 Å². The van der Waals surface area contributed by atoms with E-state index in [0.717, 1.165) is 17.6 Å². The van der Waals surface area contributed by atoms with Gasteiger partial charge in [0.15, 0.2) is 0 Å². The van der Waals surface area contributed by atoms with Gasteiger partial charge in [-0.1, -0.05) is 110 Å². The van der Waals surface area contributed by atoms with Crippen molar-refractivity contribution in [2.24, 2.45) is 0 Å². The Kier molecular flexibility index (Phi) is 6.56. The lowest BCUT2D eigenvalue weighted by molar-refractivity contribution is 1.26. The molecule has 0 radical (unpaired) electrons. The number of allylic oxidation sites excluding steroid dienone is 5. The fourth-order valence-corrected chi connectivity index (χ4v) is 6.41. The maximum atomic E-state index is 4.13. The Hall–Kier alpha value is -5.14. The van der Waals surface area contributed by atoms with Crippen molar-refractivity contribution in [2.75, 3.05) is 0 Å². The number of fused-ring (bicyclic) bond motifs is 6. The van der Waals surface area contributed by atoms with Crippen LogP contribution in [0.4, 0.5) is 0 Å². The summed E-state index contributed by atoms with van der Waals surface area (Å²) in [4.78, 5) is 0. The highest BCUT2D eigenvalue weighted by Gasteiger charge is 2.19. The normalized spacial score (nSPS) is 13.2. The molecule has 1 heteroatoms. The number of benzene rings is 5. The van der Waals surface area contributed by atoms with Gasteiger partial charge in [0.1, 0.15) is 0 Å². The zero-order valence-corrected chi connectivity index (χ0v) is 24.1. The first-order valence-electron chi connectivity index (χ1n) is 14.6. The lowest BCUT2D eigenvalue weighted by Crippen LogP contribution is -1.93. The van der Waals surface area contributed by atoms with E-state index in [1.807, 2.05) is 6.08 Å². The third-order valence-electron chi connectivity index (χ3n) is 8.56. The lowest BCUT2D eigenvalue weighted by Gasteiger charge is -2.14. The first-order valence-corrected chi connectivity index (χ1v) is 14.6. The zero-order valence-electron chi connectivity index (χ0n) is 24.1. The highest BCUT2D eigenvalue weighted by molar-refractivity contribution is 6.09. The van der Waals surface area contributed by atoms with Crippen LogP contribution < -0.4 is 0 Å². The molecule has 0 N–H and O–H groups in total. The van der Waals surface area contributed by atoms with Gasteiger partial charge in [-0.2, -0.15) is 0 Å². The molecule has 0 aliphatic heterocycles. The van der Waals surface area contributed by atoms with Crippen LogP contribution in [0.2, 0.25) is 0 Å². The summed E-state index contributed by atoms with van der Waals surface area (Å²) < 4.78 is 2.30. The second kappa shape index (κ2) is 10.7. The van der Waals surface area contributed by atoms with Crippen LogP contribution in [-0.2, 0) is 6.42 Å². The first-order chi connectivity index (χ1) is 20.7. The number of hydrogen-bond acceptors (Lipinski definition) is 0. The second-order valence-electron chi connectivity index (χ2n) is 11.0. The molecule has 0 bridgehead atoms. The Morgan fingerprint density at radius 2 is 1.36 bits per heavy atom. The number of nitrogens with zero attached hydrogens (tertiary/aromatic N) is 1. The number of aromatic nitrogens is 1. The third kappa shape index (κ3) is 4.35. The molecule has 0 saturated heterocycles. The standard InChI is InChI=1S/C41H33N/c1-4-12-31-25-29(30-19-20-33-26-32-13-6-7-14-35(32)39(33)27-30)21-22-36(31)34(28(3)5-2)23-24-42-40-17-10-8-15-37(40)38-16-9-11-18-41(38)42/h4-25,27H,2,26H2,1,3H3/b12-4+,24-23-,34-28+. The zero-order chi connectivity index (χ0) is 28.6. The van der Waals surface area contributed by atoms with Gasteiger partial charge >= 0.3 is 0 Å². The second-order valence-corrected chi connectivity index (χ2v) is 11.0. The minimum Gasteiger partial charge on any atom is -0.316 e. The molecule has 1 aliphatic rings. The molecule has 0 amide bonds. The SMILES string of the molecule is C=C/C(C)=C(\C=C/n1c2ccccc2c2ccccc21)c1ccc(-c2ccc3c(c2)-c2ccccc2C3)cc1/C=C/C. The topological polar surface area (TPSA) is 4.93 Å². The molecule has 42 heavy (non-hydrogen) atoms. The molecular weight excluding hydrogens is 506 g/mol. The maximum Gasteiger partial charge on any atom is 0.0534 e. The molecule has 0 spiro atoms. The van der Waals surface area contributed by atoms with E-state index in [4.69, 9.17) is 0 Å². The Morgan fingerprint density at radius 1 is 0.714 bits per heavy atom. The van der Waals surface area contributed by atoms with Crippen molar-refractivity contribution in [3.63, 3.8) is 0 Å². The minimum atomic E-state index is 1.02. The van der Waals surface area contributed by atoms with Gasteiger partial charge in [-0.15, -0.1) is 0 Å². The van der Waals surface area contributed by atoms with Gasteiger partial charge in [-0.05, 0) is 106 Å². The van der Waals surface area contributed by atoms with Gasteiger partial charge in [0.25, 0.3) is 0 Å². The van der Waals surface area contributed by atoms with Crippen molar-refractivity contribution < 1.29 is 0 Å². The Labute approximate surface area is 248 Å². The number of hydrogen-bond donors (Lipinski definition) is 0. The molecule has 0 atom stereocenters. The van der Waals surface area contributed by atoms with E-state index in [9.17, 15) is 0 Å². The van der Waals surface area contributed by atoms with Crippen molar-refractivity contribution in [1.29, 1.82) is 0 Å². The number of para-hydroxylation sites is 2. The summed E-state index contributed by atoms with van der Waals surface area (Å²) in [5, 5.41) is 2.53. The molecule has 0 saturated carbocycles. The van der Waals surface area contributed by atoms with Crippen LogP contribution in [0, 0.1) is 0 Å². The van der Waals surface area contributed by atoms with E-state index >= 15 is 0 Å². The van der Waals surface area contributed by atoms with Crippen LogP contribution in [0.1, 0.15) is 36.1 Å². The molecule has 7 rings (SSSR count). The molecule has 202 valence electrons. The van der Waals surface area contributed by atoms with Crippen molar-refractivity contribution >= 4 is 39.7 Å². The van der Waals surface area contributed by atoms with Crippen molar-refractivity contribution in [3.05, 3.63) is 162 Å². The van der Waals surface area contributed by atoms with Gasteiger partial charge in [0, 0.05) is 17.0 Å². The fourth-order valence-electron chi connectivity index (χ4n) is 6.41. The van der Waals surface area contributed by atoms with Crippen LogP contribution >= 0.6 is 0 Å². The summed E-state index contributed by atoms with van der Waals surface area (Å²) in [5.41, 5.74) is 15.1. The van der Waals surface area contributed by atoms with E-state index in [0.29, 0.717) is 0 Å². The molecule has 0 fully saturated rings. The average Bonchev–Trinajstić information content (AvgIpc) is 3.57. The molecule has 1 nitrogen and oxygen atoms in total. The van der Waals surface area contributed by atoms with Crippen LogP contribution in [0.15, 0.2) is 140 Å². The van der Waals surface area contributed by atoms with Crippen LogP contribution in [0.3, 0.4) is 0 Å². The monoisotopic (exact) mass is 539 g/mol. The molecule has 1 aliphatic carbocycles. The summed E-state index contributed by atoms with van der Waals surface area (Å²) in [7, 11) is 0. The third-order valence-corrected chi connectivity index (χ3v) is 8.56. The van der Waals surface area contributed by atoms with E-state index in [1.54, 1.807) is 0 Å². The largest absolute Gasteiger partial charge is 0.316 e. The van der Waals surface area contributed by atoms with Gasteiger partial charge < -0.3 is 4.57 Å². The van der Waals surface area contributed by atoms with Crippen molar-refractivity contribution in [2.45, 2.75) is 20.3 Å². The summed E-state index contributed by atoms with van der Waals surface area (Å²) in [6.45, 7) is 8.35. The van der Waals surface area contributed by atoms with Crippen molar-refractivity contribution in [1.82, 2.24) is 4.57 Å². The minimum absolute atomic E-state index is 1.02. The number of rotatable bonds is 6. The van der Waals surface area contributed by atoms with E-state index < -0.39 is 0 Å². The summed E-state index contributed by atoms with van der Waals surface area (Å²) in [6, 6.07) is 39.8. The Bertz CT molecular complexity index is 2040. The van der Waals surface area contributed by atoms with Gasteiger partial charge in [0.05, 0.1) is 11.0 Å². The molecule has 1 aromatic heterocycles. The highest BCUT2D eigenvalue weighted by atomic mass is 14.9. The Balaban J connectivity index is 1.33. The van der Waals surface area contributed by atoms with Gasteiger partial charge in [0.2, 0.25) is 0 Å². The molecule has 6 aromatic rings. The molecular formula is C41H33N. The quantitative estimate of drug-likeness (QED) is 0.185. The van der Waals surface area contributed by atoms with Crippen LogP contribution in [0.25, 0.3) is 61.9 Å². The molecule has 0 unspecified atom stereocenters. The lowest BCUT2D eigenvalue weighted by atomic mass is 9.91.